The molecule has 7 heteroatoms. The molecule has 1 aromatic carbocycles. The van der Waals surface area contributed by atoms with Crippen LogP contribution in [0.1, 0.15) is 20.7 Å². The van der Waals surface area contributed by atoms with Crippen LogP contribution < -0.4 is 5.32 Å². The molecule has 1 amide bonds. The first kappa shape index (κ1) is 16.5. The minimum absolute atomic E-state index is 0.0305. The fourth-order valence-corrected chi connectivity index (χ4v) is 5.10. The second-order valence-electron chi connectivity index (χ2n) is 5.05. The number of thiophene rings is 1. The maximum absolute atomic E-state index is 13.0. The van der Waals surface area contributed by atoms with Gasteiger partial charge in [-0.05, 0) is 35.7 Å². The van der Waals surface area contributed by atoms with Gasteiger partial charge >= 0.3 is 0 Å². The van der Waals surface area contributed by atoms with Crippen molar-refractivity contribution in [3.05, 3.63) is 76.9 Å². The summed E-state index contributed by atoms with van der Waals surface area (Å²) in [6.45, 7) is -0.0305. The predicted octanol–water partition coefficient (Wildman–Crippen LogP) is 3.29. The fraction of sp³-hybridized carbons (Fsp3) is 0.118. The molecule has 1 atom stereocenters. The summed E-state index contributed by atoms with van der Waals surface area (Å²) in [5.74, 6) is -0.290. The Balaban J connectivity index is 1.86. The zero-order chi connectivity index (χ0) is 17.0. The number of nitrogens with one attached hydrogen (secondary N) is 1. The summed E-state index contributed by atoms with van der Waals surface area (Å²) in [6.07, 6.45) is 1.40. The normalized spacial score (nSPS) is 12.7. The highest BCUT2D eigenvalue weighted by atomic mass is 32.2. The van der Waals surface area contributed by atoms with E-state index in [2.05, 4.69) is 5.32 Å². The highest BCUT2D eigenvalue weighted by Gasteiger charge is 2.30. The molecule has 0 radical (unpaired) electrons. The van der Waals surface area contributed by atoms with E-state index in [1.807, 2.05) is 5.38 Å². The van der Waals surface area contributed by atoms with Crippen molar-refractivity contribution < 1.29 is 17.6 Å². The Morgan fingerprint density at radius 1 is 1.08 bits per heavy atom. The number of amides is 1. The molecule has 0 saturated carbocycles. The van der Waals surface area contributed by atoms with Gasteiger partial charge in [0.05, 0.1) is 11.2 Å². The Morgan fingerprint density at radius 2 is 1.88 bits per heavy atom. The van der Waals surface area contributed by atoms with E-state index >= 15 is 0 Å². The van der Waals surface area contributed by atoms with E-state index in [1.54, 1.807) is 48.5 Å². The van der Waals surface area contributed by atoms with Crippen LogP contribution >= 0.6 is 11.3 Å². The van der Waals surface area contributed by atoms with E-state index in [-0.39, 0.29) is 17.2 Å². The zero-order valence-electron chi connectivity index (χ0n) is 12.6. The smallest absolute Gasteiger partial charge is 0.287 e. The van der Waals surface area contributed by atoms with Crippen LogP contribution in [-0.4, -0.2) is 20.9 Å². The third-order valence-corrected chi connectivity index (χ3v) is 6.73. The van der Waals surface area contributed by atoms with Crippen LogP contribution in [-0.2, 0) is 9.84 Å². The van der Waals surface area contributed by atoms with Crippen LogP contribution in [0.2, 0.25) is 0 Å². The molecule has 0 spiro atoms. The molecule has 0 fully saturated rings. The van der Waals surface area contributed by atoms with Gasteiger partial charge in [0.2, 0.25) is 0 Å². The number of rotatable bonds is 6. The molecule has 3 aromatic rings. The molecule has 0 aliphatic heterocycles. The van der Waals surface area contributed by atoms with Crippen LogP contribution in [0.3, 0.4) is 0 Å². The summed E-state index contributed by atoms with van der Waals surface area (Å²) in [5.41, 5.74) is 0. The van der Waals surface area contributed by atoms with Crippen molar-refractivity contribution >= 4 is 27.1 Å². The largest absolute Gasteiger partial charge is 0.459 e. The molecular formula is C17H15NO4S2. The molecule has 2 heterocycles. The quantitative estimate of drug-likeness (QED) is 0.731. The molecule has 124 valence electrons. The summed E-state index contributed by atoms with van der Waals surface area (Å²) in [6, 6.07) is 14.9. The Hall–Kier alpha value is -2.38. The van der Waals surface area contributed by atoms with Crippen molar-refractivity contribution in [1.82, 2.24) is 5.32 Å². The van der Waals surface area contributed by atoms with E-state index in [1.165, 1.54) is 23.7 Å². The molecule has 24 heavy (non-hydrogen) atoms. The summed E-state index contributed by atoms with van der Waals surface area (Å²) in [5, 5.41) is 3.61. The van der Waals surface area contributed by atoms with Gasteiger partial charge in [0.1, 0.15) is 5.25 Å². The second kappa shape index (κ2) is 7.02. The van der Waals surface area contributed by atoms with Crippen LogP contribution in [0.5, 0.6) is 0 Å². The van der Waals surface area contributed by atoms with E-state index in [9.17, 15) is 13.2 Å². The van der Waals surface area contributed by atoms with Gasteiger partial charge in [-0.15, -0.1) is 11.3 Å². The van der Waals surface area contributed by atoms with Crippen molar-refractivity contribution in [2.75, 3.05) is 6.54 Å². The number of hydrogen-bond donors (Lipinski definition) is 1. The monoisotopic (exact) mass is 361 g/mol. The number of carbonyl (C=O) groups excluding carboxylic acids is 1. The Labute approximate surface area is 143 Å². The van der Waals surface area contributed by atoms with Crippen LogP contribution in [0.4, 0.5) is 0 Å². The van der Waals surface area contributed by atoms with Crippen molar-refractivity contribution in [2.45, 2.75) is 10.1 Å². The summed E-state index contributed by atoms with van der Waals surface area (Å²) in [4.78, 5) is 13.0. The molecule has 2 aromatic heterocycles. The number of furan rings is 1. The van der Waals surface area contributed by atoms with Gasteiger partial charge < -0.3 is 9.73 Å². The van der Waals surface area contributed by atoms with E-state index in [0.29, 0.717) is 4.88 Å². The molecule has 5 nitrogen and oxygen atoms in total. The first-order chi connectivity index (χ1) is 11.6. The van der Waals surface area contributed by atoms with E-state index < -0.39 is 21.0 Å². The lowest BCUT2D eigenvalue weighted by Crippen LogP contribution is -2.31. The Morgan fingerprint density at radius 3 is 2.50 bits per heavy atom. The molecule has 1 N–H and O–H groups in total. The maximum Gasteiger partial charge on any atom is 0.287 e. The van der Waals surface area contributed by atoms with Gasteiger partial charge in [-0.2, -0.15) is 0 Å². The third-order valence-electron chi connectivity index (χ3n) is 3.50. The minimum Gasteiger partial charge on any atom is -0.459 e. The van der Waals surface area contributed by atoms with Crippen LogP contribution in [0, 0.1) is 0 Å². The average Bonchev–Trinajstić information content (AvgIpc) is 3.29. The second-order valence-corrected chi connectivity index (χ2v) is 8.16. The van der Waals surface area contributed by atoms with Crippen molar-refractivity contribution in [1.29, 1.82) is 0 Å². The third kappa shape index (κ3) is 3.42. The van der Waals surface area contributed by atoms with E-state index in [0.717, 1.165) is 0 Å². The molecule has 0 bridgehead atoms. The van der Waals surface area contributed by atoms with Crippen molar-refractivity contribution in [2.24, 2.45) is 0 Å². The average molecular weight is 361 g/mol. The number of hydrogen-bond acceptors (Lipinski definition) is 5. The predicted molar refractivity (Wildman–Crippen MR) is 91.7 cm³/mol. The summed E-state index contributed by atoms with van der Waals surface area (Å²) in [7, 11) is -3.62. The molecule has 0 unspecified atom stereocenters. The maximum atomic E-state index is 13.0. The lowest BCUT2D eigenvalue weighted by atomic mass is 10.3. The molecule has 3 rings (SSSR count). The number of benzene rings is 1. The standard InChI is InChI=1S/C17H15NO4S2/c19-17(14-8-4-10-22-14)18-12-16(15-9-5-11-23-15)24(20,21)13-6-2-1-3-7-13/h1-11,16H,12H2,(H,18,19)/t16-/m1/s1. The van der Waals surface area contributed by atoms with Crippen molar-refractivity contribution in [3.63, 3.8) is 0 Å². The van der Waals surface area contributed by atoms with Gasteiger partial charge in [-0.1, -0.05) is 24.3 Å². The first-order valence-corrected chi connectivity index (χ1v) is 9.65. The number of carbonyl (C=O) groups is 1. The fourth-order valence-electron chi connectivity index (χ4n) is 2.29. The molecular weight excluding hydrogens is 346 g/mol. The molecule has 0 aliphatic rings. The van der Waals surface area contributed by atoms with Gasteiger partial charge in [0.15, 0.2) is 15.6 Å². The van der Waals surface area contributed by atoms with Gasteiger partial charge in [0.25, 0.3) is 5.91 Å². The molecule has 0 saturated heterocycles. The number of sulfone groups is 1. The zero-order valence-corrected chi connectivity index (χ0v) is 14.2. The van der Waals surface area contributed by atoms with Gasteiger partial charge in [-0.25, -0.2) is 8.42 Å². The van der Waals surface area contributed by atoms with Crippen LogP contribution in [0.15, 0.2) is 75.6 Å². The summed E-state index contributed by atoms with van der Waals surface area (Å²) < 4.78 is 31.0. The van der Waals surface area contributed by atoms with Crippen molar-refractivity contribution in [3.8, 4) is 0 Å². The Kier molecular flexibility index (Phi) is 4.82. The lowest BCUT2D eigenvalue weighted by Gasteiger charge is -2.17. The minimum atomic E-state index is -3.62. The topological polar surface area (TPSA) is 76.4 Å². The van der Waals surface area contributed by atoms with Gasteiger partial charge in [0, 0.05) is 11.4 Å². The van der Waals surface area contributed by atoms with E-state index in [4.69, 9.17) is 4.42 Å². The summed E-state index contributed by atoms with van der Waals surface area (Å²) >= 11 is 1.35. The van der Waals surface area contributed by atoms with Gasteiger partial charge in [-0.3, -0.25) is 4.79 Å². The highest BCUT2D eigenvalue weighted by molar-refractivity contribution is 7.91. The highest BCUT2D eigenvalue weighted by Crippen LogP contribution is 2.31. The molecule has 0 aliphatic carbocycles. The Bertz CT molecular complexity index is 885. The first-order valence-electron chi connectivity index (χ1n) is 7.23. The SMILES string of the molecule is O=C(NC[C@H](c1cccs1)S(=O)(=O)c1ccccc1)c1ccco1. The lowest BCUT2D eigenvalue weighted by molar-refractivity contribution is 0.0926. The van der Waals surface area contributed by atoms with Crippen LogP contribution in [0.25, 0.3) is 0 Å².